The van der Waals surface area contributed by atoms with E-state index in [4.69, 9.17) is 9.47 Å². The van der Waals surface area contributed by atoms with Crippen LogP contribution in [0, 0.1) is 5.41 Å². The van der Waals surface area contributed by atoms with E-state index in [0.29, 0.717) is 44.0 Å². The van der Waals surface area contributed by atoms with E-state index in [0.717, 1.165) is 61.7 Å². The molecule has 0 spiro atoms. The normalized spacial score (nSPS) is 18.5. The van der Waals surface area contributed by atoms with Gasteiger partial charge in [-0.3, -0.25) is 9.59 Å². The molecule has 3 aliphatic rings. The van der Waals surface area contributed by atoms with Gasteiger partial charge in [-0.15, -0.1) is 0 Å². The van der Waals surface area contributed by atoms with Crippen LogP contribution in [0.2, 0.25) is 0 Å². The van der Waals surface area contributed by atoms with Gasteiger partial charge in [-0.25, -0.2) is 0 Å². The molecule has 3 aromatic rings. The van der Waals surface area contributed by atoms with E-state index in [2.05, 4.69) is 22.9 Å². The number of fused-ring (bicyclic) bond motifs is 10. The molecule has 0 radical (unpaired) electrons. The van der Waals surface area contributed by atoms with Gasteiger partial charge in [0, 0.05) is 50.9 Å². The minimum atomic E-state index is 0.0189. The van der Waals surface area contributed by atoms with Crippen LogP contribution < -0.4 is 4.74 Å². The number of para-hydroxylation sites is 2. The van der Waals surface area contributed by atoms with Crippen LogP contribution in [-0.2, 0) is 23.0 Å². The van der Waals surface area contributed by atoms with Gasteiger partial charge in [0.15, 0.2) is 0 Å². The first kappa shape index (κ1) is 26.3. The number of carbonyl (C=O) groups is 2. The third-order valence-corrected chi connectivity index (χ3v) is 8.36. The minimum absolute atomic E-state index is 0.0189. The van der Waals surface area contributed by atoms with Crippen molar-refractivity contribution >= 4 is 22.7 Å². The number of nitrogens with zero attached hydrogens (tertiary/aromatic N) is 3. The molecule has 7 heteroatoms. The molecule has 4 heterocycles. The quantitative estimate of drug-likeness (QED) is 0.504. The highest BCUT2D eigenvalue weighted by Crippen LogP contribution is 2.38. The maximum absolute atomic E-state index is 13.6. The van der Waals surface area contributed by atoms with Crippen molar-refractivity contribution < 1.29 is 19.1 Å². The molecule has 0 unspecified atom stereocenters. The monoisotopic (exact) mass is 517 g/mol. The lowest BCUT2D eigenvalue weighted by molar-refractivity contribution is -0.131. The van der Waals surface area contributed by atoms with Gasteiger partial charge < -0.3 is 23.8 Å². The Morgan fingerprint density at radius 3 is 2.55 bits per heavy atom. The molecule has 2 aromatic carbocycles. The van der Waals surface area contributed by atoms with Crippen molar-refractivity contribution in [2.24, 2.45) is 12.5 Å². The number of piperidine rings is 1. The van der Waals surface area contributed by atoms with Crippen LogP contribution in [0.5, 0.6) is 5.75 Å². The number of benzene rings is 2. The Kier molecular flexibility index (Phi) is 8.03. The third kappa shape index (κ3) is 5.58. The lowest BCUT2D eigenvalue weighted by Crippen LogP contribution is -2.45. The second-order valence-electron chi connectivity index (χ2n) is 10.9. The maximum atomic E-state index is 13.6. The molecule has 2 bridgehead atoms. The standard InChI is InChI=1S/C31H39N3O4/c1-32-22-24(25-9-3-5-11-27(25)32)21-29(35)33-16-8-7-13-31(23-37-2)14-17-34(18-15-31)30(36)26-10-4-6-12-28(26)38-20-19-33/h3-6,9-12,22H,7-8,13-21,23H2,1-2H3. The molecular weight excluding hydrogens is 478 g/mol. The van der Waals surface area contributed by atoms with Crippen molar-refractivity contribution in [3.05, 3.63) is 65.9 Å². The molecule has 3 aliphatic heterocycles. The van der Waals surface area contributed by atoms with Crippen LogP contribution in [0.15, 0.2) is 54.7 Å². The number of amides is 2. The lowest BCUT2D eigenvalue weighted by atomic mass is 9.75. The molecule has 7 nitrogen and oxygen atoms in total. The van der Waals surface area contributed by atoms with Gasteiger partial charge in [-0.05, 0) is 54.9 Å². The van der Waals surface area contributed by atoms with Gasteiger partial charge in [-0.1, -0.05) is 36.8 Å². The molecule has 0 saturated carbocycles. The van der Waals surface area contributed by atoms with Gasteiger partial charge >= 0.3 is 0 Å². The number of rotatable bonds is 4. The van der Waals surface area contributed by atoms with Crippen LogP contribution >= 0.6 is 0 Å². The second-order valence-corrected chi connectivity index (χ2v) is 10.9. The van der Waals surface area contributed by atoms with Crippen molar-refractivity contribution in [1.29, 1.82) is 0 Å². The summed E-state index contributed by atoms with van der Waals surface area (Å²) in [5.74, 6) is 0.713. The van der Waals surface area contributed by atoms with Gasteiger partial charge in [-0.2, -0.15) is 0 Å². The molecule has 38 heavy (non-hydrogen) atoms. The van der Waals surface area contributed by atoms with E-state index >= 15 is 0 Å². The number of aryl methyl sites for hydroxylation is 1. The highest BCUT2D eigenvalue weighted by atomic mass is 16.5. The highest BCUT2D eigenvalue weighted by molar-refractivity contribution is 5.97. The summed E-state index contributed by atoms with van der Waals surface area (Å²) in [6.07, 6.45) is 7.29. The van der Waals surface area contributed by atoms with Crippen molar-refractivity contribution in [3.63, 3.8) is 0 Å². The summed E-state index contributed by atoms with van der Waals surface area (Å²) < 4.78 is 13.9. The van der Waals surface area contributed by atoms with E-state index < -0.39 is 0 Å². The fourth-order valence-corrected chi connectivity index (χ4v) is 6.17. The number of aromatic nitrogens is 1. The number of hydrogen-bond acceptors (Lipinski definition) is 4. The van der Waals surface area contributed by atoms with E-state index in [9.17, 15) is 9.59 Å². The Labute approximate surface area is 225 Å². The Balaban J connectivity index is 1.36. The smallest absolute Gasteiger partial charge is 0.257 e. The molecule has 2 amide bonds. The summed E-state index contributed by atoms with van der Waals surface area (Å²) >= 11 is 0. The van der Waals surface area contributed by atoms with Crippen molar-refractivity contribution in [2.45, 2.75) is 38.5 Å². The SMILES string of the molecule is COCC12CCCCN(C(=O)Cc3cn(C)c4ccccc34)CCOc3ccccc3C(=O)N(CC1)CC2. The molecule has 0 aliphatic carbocycles. The first-order valence-electron chi connectivity index (χ1n) is 13.8. The van der Waals surface area contributed by atoms with Crippen LogP contribution in [0.4, 0.5) is 0 Å². The molecule has 0 N–H and O–H groups in total. The summed E-state index contributed by atoms with van der Waals surface area (Å²) in [6.45, 7) is 3.69. The minimum Gasteiger partial charge on any atom is -0.491 e. The van der Waals surface area contributed by atoms with Crippen molar-refractivity contribution in [2.75, 3.05) is 46.5 Å². The molecule has 1 aromatic heterocycles. The van der Waals surface area contributed by atoms with E-state index in [1.807, 2.05) is 53.2 Å². The molecular formula is C31H39N3O4. The predicted molar refractivity (Wildman–Crippen MR) is 148 cm³/mol. The molecule has 202 valence electrons. The summed E-state index contributed by atoms with van der Waals surface area (Å²) in [4.78, 5) is 30.9. The predicted octanol–water partition coefficient (Wildman–Crippen LogP) is 4.68. The highest BCUT2D eigenvalue weighted by Gasteiger charge is 2.36. The summed E-state index contributed by atoms with van der Waals surface area (Å²) in [7, 11) is 3.79. The topological polar surface area (TPSA) is 64.0 Å². The second kappa shape index (κ2) is 11.6. The molecule has 1 saturated heterocycles. The third-order valence-electron chi connectivity index (χ3n) is 8.36. The zero-order chi connectivity index (χ0) is 26.5. The fraction of sp³-hybridized carbons (Fsp3) is 0.484. The van der Waals surface area contributed by atoms with Crippen LogP contribution in [0.3, 0.4) is 0 Å². The Hall–Kier alpha value is -3.32. The Bertz CT molecular complexity index is 1280. The Morgan fingerprint density at radius 2 is 1.74 bits per heavy atom. The number of methoxy groups -OCH3 is 1. The van der Waals surface area contributed by atoms with Crippen LogP contribution in [-0.4, -0.2) is 72.7 Å². The Morgan fingerprint density at radius 1 is 0.974 bits per heavy atom. The van der Waals surface area contributed by atoms with Gasteiger partial charge in [0.2, 0.25) is 5.91 Å². The van der Waals surface area contributed by atoms with Crippen LogP contribution in [0.25, 0.3) is 10.9 Å². The van der Waals surface area contributed by atoms with E-state index in [1.54, 1.807) is 7.11 Å². The van der Waals surface area contributed by atoms with E-state index in [1.165, 1.54) is 0 Å². The summed E-state index contributed by atoms with van der Waals surface area (Å²) in [6, 6.07) is 15.7. The molecule has 6 rings (SSSR count). The fourth-order valence-electron chi connectivity index (χ4n) is 6.17. The first-order valence-corrected chi connectivity index (χ1v) is 13.8. The molecule has 1 fully saturated rings. The van der Waals surface area contributed by atoms with Gasteiger partial charge in [0.05, 0.1) is 25.1 Å². The number of ether oxygens (including phenoxy) is 2. The van der Waals surface area contributed by atoms with Gasteiger partial charge in [0.1, 0.15) is 12.4 Å². The summed E-state index contributed by atoms with van der Waals surface area (Å²) in [5.41, 5.74) is 2.85. The zero-order valence-corrected chi connectivity index (χ0v) is 22.7. The zero-order valence-electron chi connectivity index (χ0n) is 22.7. The first-order chi connectivity index (χ1) is 18.5. The van der Waals surface area contributed by atoms with Crippen molar-refractivity contribution in [3.8, 4) is 5.75 Å². The van der Waals surface area contributed by atoms with Gasteiger partial charge in [0.25, 0.3) is 5.91 Å². The average molecular weight is 518 g/mol. The van der Waals surface area contributed by atoms with Crippen LogP contribution in [0.1, 0.15) is 48.0 Å². The lowest BCUT2D eigenvalue weighted by Gasteiger charge is -2.41. The van der Waals surface area contributed by atoms with E-state index in [-0.39, 0.29) is 17.2 Å². The molecule has 0 atom stereocenters. The average Bonchev–Trinajstić information content (AvgIpc) is 3.24. The number of carbonyl (C=O) groups excluding carboxylic acids is 2. The maximum Gasteiger partial charge on any atom is 0.257 e. The summed E-state index contributed by atoms with van der Waals surface area (Å²) in [5, 5.41) is 1.12. The number of hydrogen-bond donors (Lipinski definition) is 0. The van der Waals surface area contributed by atoms with Crippen molar-refractivity contribution in [1.82, 2.24) is 14.4 Å². The largest absolute Gasteiger partial charge is 0.491 e.